The van der Waals surface area contributed by atoms with Crippen molar-refractivity contribution >= 4 is 22.1 Å². The van der Waals surface area contributed by atoms with Gasteiger partial charge in [-0.25, -0.2) is 9.18 Å². The van der Waals surface area contributed by atoms with Crippen molar-refractivity contribution in [1.82, 2.24) is 29.1 Å². The Morgan fingerprint density at radius 2 is 2.09 bits per heavy atom. The van der Waals surface area contributed by atoms with Crippen LogP contribution in [0.5, 0.6) is 0 Å². The Morgan fingerprint density at radius 3 is 2.80 bits per heavy atom. The van der Waals surface area contributed by atoms with Crippen molar-refractivity contribution in [1.29, 1.82) is 0 Å². The summed E-state index contributed by atoms with van der Waals surface area (Å²) in [5, 5.41) is 9.24. The van der Waals surface area contributed by atoms with Gasteiger partial charge in [0.2, 0.25) is 0 Å². The summed E-state index contributed by atoms with van der Waals surface area (Å²) in [5.41, 5.74) is 2.93. The van der Waals surface area contributed by atoms with Crippen LogP contribution in [0.3, 0.4) is 0 Å². The molecule has 4 aromatic heterocycles. The molecular weight excluding hydrogens is 451 g/mol. The molecule has 0 saturated carbocycles. The van der Waals surface area contributed by atoms with Gasteiger partial charge in [0.05, 0.1) is 18.0 Å². The number of hydrogen-bond acceptors (Lipinski definition) is 6. The van der Waals surface area contributed by atoms with Crippen LogP contribution in [0.4, 0.5) is 4.39 Å². The van der Waals surface area contributed by atoms with Crippen molar-refractivity contribution in [2.24, 2.45) is 14.1 Å². The van der Waals surface area contributed by atoms with Gasteiger partial charge in [0, 0.05) is 61.7 Å². The summed E-state index contributed by atoms with van der Waals surface area (Å²) in [5.74, 6) is -0.447. The molecule has 1 aromatic carbocycles. The molecule has 1 aliphatic heterocycles. The fourth-order valence-corrected chi connectivity index (χ4v) is 5.01. The van der Waals surface area contributed by atoms with E-state index < -0.39 is 5.82 Å². The number of fused-ring (bicyclic) bond motifs is 3. The van der Waals surface area contributed by atoms with Crippen LogP contribution >= 0.6 is 0 Å². The third-order valence-corrected chi connectivity index (χ3v) is 6.75. The van der Waals surface area contributed by atoms with Crippen molar-refractivity contribution < 1.29 is 13.5 Å². The minimum atomic E-state index is -0.447. The molecule has 5 heterocycles. The Balaban J connectivity index is 1.68. The van der Waals surface area contributed by atoms with Crippen LogP contribution in [0.1, 0.15) is 32.2 Å². The molecule has 0 unspecified atom stereocenters. The SMILES string of the molecule is CC[C@H]1C[C@@H](n2c(=O)nc(-c3cnn(C)c3)c3oc4cc(F)c(-c5ccn(C)n5)cc4c32)CCO1. The highest BCUT2D eigenvalue weighted by Crippen LogP contribution is 2.39. The van der Waals surface area contributed by atoms with E-state index in [2.05, 4.69) is 22.1 Å². The molecule has 0 bridgehead atoms. The monoisotopic (exact) mass is 476 g/mol. The molecule has 5 aromatic rings. The first-order chi connectivity index (χ1) is 16.9. The molecule has 0 spiro atoms. The Kier molecular flexibility index (Phi) is 5.06. The highest BCUT2D eigenvalue weighted by Gasteiger charge is 2.29. The lowest BCUT2D eigenvalue weighted by atomic mass is 10.0. The summed E-state index contributed by atoms with van der Waals surface area (Å²) in [6.45, 7) is 2.63. The molecule has 10 heteroatoms. The Bertz CT molecular complexity index is 1630. The third kappa shape index (κ3) is 3.56. The molecule has 1 aliphatic rings. The van der Waals surface area contributed by atoms with Crippen molar-refractivity contribution in [3.05, 3.63) is 53.1 Å². The van der Waals surface area contributed by atoms with Crippen LogP contribution in [0.25, 0.3) is 44.6 Å². The normalized spacial score (nSPS) is 18.6. The summed E-state index contributed by atoms with van der Waals surface area (Å²) in [6, 6.07) is 4.73. The highest BCUT2D eigenvalue weighted by atomic mass is 19.1. The van der Waals surface area contributed by atoms with Gasteiger partial charge in [-0.1, -0.05) is 6.92 Å². The minimum absolute atomic E-state index is 0.0633. The molecule has 35 heavy (non-hydrogen) atoms. The number of ether oxygens (including phenoxy) is 1. The maximum Gasteiger partial charge on any atom is 0.349 e. The molecular formula is C25H25FN6O3. The molecule has 9 nitrogen and oxygen atoms in total. The summed E-state index contributed by atoms with van der Waals surface area (Å²) in [4.78, 5) is 18.0. The predicted molar refractivity (Wildman–Crippen MR) is 128 cm³/mol. The predicted octanol–water partition coefficient (Wildman–Crippen LogP) is 4.21. The maximum absolute atomic E-state index is 15.2. The fraction of sp³-hybridized carbons (Fsp3) is 0.360. The topological polar surface area (TPSA) is 92.9 Å². The molecule has 0 amide bonds. The smallest absolute Gasteiger partial charge is 0.349 e. The molecule has 180 valence electrons. The molecule has 0 aliphatic carbocycles. The average molecular weight is 477 g/mol. The second-order valence-electron chi connectivity index (χ2n) is 9.08. The quantitative estimate of drug-likeness (QED) is 0.386. The minimum Gasteiger partial charge on any atom is -0.452 e. The number of benzene rings is 1. The van der Waals surface area contributed by atoms with Crippen molar-refractivity contribution in [2.75, 3.05) is 6.61 Å². The van der Waals surface area contributed by atoms with E-state index >= 15 is 4.39 Å². The zero-order chi connectivity index (χ0) is 24.3. The van der Waals surface area contributed by atoms with Crippen LogP contribution in [0.15, 0.2) is 46.0 Å². The van der Waals surface area contributed by atoms with E-state index in [9.17, 15) is 4.79 Å². The van der Waals surface area contributed by atoms with Gasteiger partial charge in [-0.05, 0) is 31.4 Å². The average Bonchev–Trinajstić information content (AvgIpc) is 3.56. The molecule has 0 radical (unpaired) electrons. The Morgan fingerprint density at radius 1 is 1.23 bits per heavy atom. The number of aryl methyl sites for hydroxylation is 2. The van der Waals surface area contributed by atoms with E-state index in [0.717, 1.165) is 6.42 Å². The molecule has 1 fully saturated rings. The van der Waals surface area contributed by atoms with Gasteiger partial charge in [-0.3, -0.25) is 13.9 Å². The van der Waals surface area contributed by atoms with E-state index in [1.807, 2.05) is 0 Å². The lowest BCUT2D eigenvalue weighted by Gasteiger charge is -2.30. The summed E-state index contributed by atoms with van der Waals surface area (Å²) < 4.78 is 32.2. The number of rotatable bonds is 4. The van der Waals surface area contributed by atoms with Gasteiger partial charge in [0.25, 0.3) is 0 Å². The standard InChI is InChI=1S/C25H25FN6O3/c1-4-16-9-15(6-8-34-16)32-23-18-10-17(20-5-7-30(2)29-20)19(26)11-21(18)35-24(23)22(28-25(32)33)14-12-27-31(3)13-14/h5,7,10-13,15-16H,4,6,8-9H2,1-3H3/t15-,16-/m0/s1. The zero-order valence-corrected chi connectivity index (χ0v) is 19.7. The second-order valence-corrected chi connectivity index (χ2v) is 9.08. The van der Waals surface area contributed by atoms with Crippen LogP contribution in [-0.2, 0) is 18.8 Å². The van der Waals surface area contributed by atoms with E-state index in [-0.39, 0.29) is 17.8 Å². The Hall–Kier alpha value is -3.79. The summed E-state index contributed by atoms with van der Waals surface area (Å²) >= 11 is 0. The number of hydrogen-bond donors (Lipinski definition) is 0. The third-order valence-electron chi connectivity index (χ3n) is 6.75. The first-order valence-corrected chi connectivity index (χ1v) is 11.7. The number of aromatic nitrogens is 6. The lowest BCUT2D eigenvalue weighted by molar-refractivity contribution is -0.00709. The summed E-state index contributed by atoms with van der Waals surface area (Å²) in [7, 11) is 3.58. The largest absolute Gasteiger partial charge is 0.452 e. The van der Waals surface area contributed by atoms with E-state index in [0.29, 0.717) is 64.0 Å². The van der Waals surface area contributed by atoms with Crippen LogP contribution in [0, 0.1) is 5.82 Å². The van der Waals surface area contributed by atoms with Crippen LogP contribution in [-0.4, -0.2) is 41.8 Å². The Labute approximate surface area is 199 Å². The van der Waals surface area contributed by atoms with E-state index in [4.69, 9.17) is 9.15 Å². The van der Waals surface area contributed by atoms with E-state index in [1.54, 1.807) is 58.7 Å². The number of nitrogens with zero attached hydrogens (tertiary/aromatic N) is 6. The number of halogens is 1. The number of furan rings is 1. The van der Waals surface area contributed by atoms with Crippen molar-refractivity contribution in [2.45, 2.75) is 38.3 Å². The lowest BCUT2D eigenvalue weighted by Crippen LogP contribution is -2.34. The molecule has 6 rings (SSSR count). The van der Waals surface area contributed by atoms with Gasteiger partial charge in [-0.2, -0.15) is 15.2 Å². The van der Waals surface area contributed by atoms with Crippen LogP contribution in [0.2, 0.25) is 0 Å². The second kappa shape index (κ2) is 8.16. The van der Waals surface area contributed by atoms with Gasteiger partial charge in [0.15, 0.2) is 5.58 Å². The fourth-order valence-electron chi connectivity index (χ4n) is 5.01. The zero-order valence-electron chi connectivity index (χ0n) is 19.7. The maximum atomic E-state index is 15.2. The van der Waals surface area contributed by atoms with Crippen molar-refractivity contribution in [3.8, 4) is 22.5 Å². The van der Waals surface area contributed by atoms with Gasteiger partial charge < -0.3 is 9.15 Å². The van der Waals surface area contributed by atoms with Crippen LogP contribution < -0.4 is 5.69 Å². The van der Waals surface area contributed by atoms with Gasteiger partial charge in [0.1, 0.15) is 22.6 Å². The van der Waals surface area contributed by atoms with Gasteiger partial charge >= 0.3 is 5.69 Å². The van der Waals surface area contributed by atoms with Gasteiger partial charge in [-0.15, -0.1) is 0 Å². The van der Waals surface area contributed by atoms with Crippen molar-refractivity contribution in [3.63, 3.8) is 0 Å². The highest BCUT2D eigenvalue weighted by molar-refractivity contribution is 6.08. The first-order valence-electron chi connectivity index (χ1n) is 11.7. The summed E-state index contributed by atoms with van der Waals surface area (Å²) in [6.07, 6.45) is 7.48. The molecule has 0 N–H and O–H groups in total. The molecule has 1 saturated heterocycles. The van der Waals surface area contributed by atoms with E-state index in [1.165, 1.54) is 6.07 Å². The first kappa shape index (κ1) is 21.7. The molecule has 2 atom stereocenters.